The van der Waals surface area contributed by atoms with E-state index in [0.717, 1.165) is 24.4 Å². The average Bonchev–Trinajstić information content (AvgIpc) is 3.05. The number of amides is 2. The second-order valence-electron chi connectivity index (χ2n) is 6.02. The van der Waals surface area contributed by atoms with Crippen LogP contribution in [0, 0.1) is 5.92 Å². The van der Waals surface area contributed by atoms with E-state index >= 15 is 0 Å². The lowest BCUT2D eigenvalue weighted by atomic mass is 10.2. The Kier molecular flexibility index (Phi) is 6.54. The fourth-order valence-electron chi connectivity index (χ4n) is 2.25. The number of benzene rings is 1. The van der Waals surface area contributed by atoms with Gasteiger partial charge in [-0.2, -0.15) is 0 Å². The quantitative estimate of drug-likeness (QED) is 0.601. The Morgan fingerprint density at radius 2 is 1.83 bits per heavy atom. The first-order chi connectivity index (χ1) is 11.6. The fraction of sp³-hybridized carbons (Fsp3) is 0.389. The lowest BCUT2D eigenvalue weighted by Gasteiger charge is -2.10. The first kappa shape index (κ1) is 17.7. The standard InChI is InChI=1S/C18H24N4O2/c1-14(2)13-21-18(24)17(23)20-9-6-11-22-12-10-19-16(22)15-7-4-3-5-8-15/h3-5,7-8,10,12,14H,6,9,11,13H2,1-2H3,(H,20,23)(H,21,24). The molecule has 2 amide bonds. The van der Waals surface area contributed by atoms with Crippen molar-refractivity contribution in [1.29, 1.82) is 0 Å². The summed E-state index contributed by atoms with van der Waals surface area (Å²) in [6.45, 7) is 5.63. The third-order valence-electron chi connectivity index (χ3n) is 3.49. The van der Waals surface area contributed by atoms with Gasteiger partial charge in [-0.15, -0.1) is 0 Å². The number of nitrogens with one attached hydrogen (secondary N) is 2. The molecule has 0 bridgehead atoms. The molecule has 0 unspecified atom stereocenters. The highest BCUT2D eigenvalue weighted by molar-refractivity contribution is 6.35. The van der Waals surface area contributed by atoms with Crippen LogP contribution < -0.4 is 10.6 Å². The van der Waals surface area contributed by atoms with E-state index in [9.17, 15) is 9.59 Å². The molecule has 2 rings (SSSR count). The third kappa shape index (κ3) is 5.22. The van der Waals surface area contributed by atoms with Gasteiger partial charge >= 0.3 is 11.8 Å². The fourth-order valence-corrected chi connectivity index (χ4v) is 2.25. The Hall–Kier alpha value is -2.63. The molecule has 0 spiro atoms. The number of carbonyl (C=O) groups is 2. The van der Waals surface area contributed by atoms with E-state index in [1.165, 1.54) is 0 Å². The highest BCUT2D eigenvalue weighted by Gasteiger charge is 2.12. The second-order valence-corrected chi connectivity index (χ2v) is 6.02. The van der Waals surface area contributed by atoms with Gasteiger partial charge in [0.05, 0.1) is 0 Å². The van der Waals surface area contributed by atoms with Gasteiger partial charge in [0.1, 0.15) is 5.82 Å². The molecule has 0 fully saturated rings. The summed E-state index contributed by atoms with van der Waals surface area (Å²) >= 11 is 0. The minimum atomic E-state index is -0.579. The SMILES string of the molecule is CC(C)CNC(=O)C(=O)NCCCn1ccnc1-c1ccccc1. The van der Waals surface area contributed by atoms with Crippen molar-refractivity contribution in [3.05, 3.63) is 42.7 Å². The summed E-state index contributed by atoms with van der Waals surface area (Å²) in [7, 11) is 0. The van der Waals surface area contributed by atoms with Crippen LogP contribution in [0.25, 0.3) is 11.4 Å². The number of hydrogen-bond acceptors (Lipinski definition) is 3. The number of nitrogens with zero attached hydrogens (tertiary/aromatic N) is 2. The normalized spacial score (nSPS) is 10.6. The molecule has 24 heavy (non-hydrogen) atoms. The maximum absolute atomic E-state index is 11.7. The van der Waals surface area contributed by atoms with E-state index in [0.29, 0.717) is 19.0 Å². The van der Waals surface area contributed by atoms with Crippen molar-refractivity contribution in [2.45, 2.75) is 26.8 Å². The van der Waals surface area contributed by atoms with Gasteiger partial charge in [0, 0.05) is 37.6 Å². The van der Waals surface area contributed by atoms with Crippen LogP contribution in [0.15, 0.2) is 42.7 Å². The van der Waals surface area contributed by atoms with Gasteiger partial charge < -0.3 is 15.2 Å². The Morgan fingerprint density at radius 3 is 2.54 bits per heavy atom. The molecular weight excluding hydrogens is 304 g/mol. The Labute approximate surface area is 142 Å². The van der Waals surface area contributed by atoms with E-state index in [1.54, 1.807) is 6.20 Å². The summed E-state index contributed by atoms with van der Waals surface area (Å²) in [5, 5.41) is 5.24. The Balaban J connectivity index is 1.76. The summed E-state index contributed by atoms with van der Waals surface area (Å²) in [4.78, 5) is 27.6. The highest BCUT2D eigenvalue weighted by Crippen LogP contribution is 2.16. The summed E-state index contributed by atoms with van der Waals surface area (Å²) in [5.74, 6) is 0.0665. The van der Waals surface area contributed by atoms with Crippen LogP contribution in [0.1, 0.15) is 20.3 Å². The van der Waals surface area contributed by atoms with Crippen LogP contribution in [0.2, 0.25) is 0 Å². The van der Waals surface area contributed by atoms with Crippen molar-refractivity contribution in [2.24, 2.45) is 5.92 Å². The highest BCUT2D eigenvalue weighted by atomic mass is 16.2. The van der Waals surface area contributed by atoms with Crippen molar-refractivity contribution in [2.75, 3.05) is 13.1 Å². The first-order valence-corrected chi connectivity index (χ1v) is 8.20. The molecule has 0 aliphatic heterocycles. The maximum Gasteiger partial charge on any atom is 0.309 e. The molecule has 128 valence electrons. The van der Waals surface area contributed by atoms with Crippen LogP contribution in [0.5, 0.6) is 0 Å². The summed E-state index contributed by atoms with van der Waals surface area (Å²) in [6, 6.07) is 9.95. The van der Waals surface area contributed by atoms with Crippen molar-refractivity contribution < 1.29 is 9.59 Å². The summed E-state index contributed by atoms with van der Waals surface area (Å²) < 4.78 is 2.04. The molecule has 1 heterocycles. The van der Waals surface area contributed by atoms with Gasteiger partial charge in [0.2, 0.25) is 0 Å². The van der Waals surface area contributed by atoms with Crippen molar-refractivity contribution in [3.63, 3.8) is 0 Å². The van der Waals surface area contributed by atoms with Crippen LogP contribution in [0.3, 0.4) is 0 Å². The van der Waals surface area contributed by atoms with E-state index in [1.807, 2.05) is 54.9 Å². The molecule has 2 N–H and O–H groups in total. The maximum atomic E-state index is 11.7. The van der Waals surface area contributed by atoms with E-state index in [4.69, 9.17) is 0 Å². The van der Waals surface area contributed by atoms with E-state index in [2.05, 4.69) is 15.6 Å². The van der Waals surface area contributed by atoms with Gasteiger partial charge in [-0.05, 0) is 12.3 Å². The predicted molar refractivity (Wildman–Crippen MR) is 93.1 cm³/mol. The number of hydrogen-bond donors (Lipinski definition) is 2. The molecule has 0 saturated heterocycles. The van der Waals surface area contributed by atoms with Gasteiger partial charge in [0.15, 0.2) is 0 Å². The van der Waals surface area contributed by atoms with E-state index < -0.39 is 11.8 Å². The number of carbonyl (C=O) groups excluding carboxylic acids is 2. The molecule has 1 aromatic carbocycles. The molecule has 6 nitrogen and oxygen atoms in total. The topological polar surface area (TPSA) is 76.0 Å². The minimum absolute atomic E-state index is 0.319. The number of aromatic nitrogens is 2. The molecule has 6 heteroatoms. The monoisotopic (exact) mass is 328 g/mol. The minimum Gasteiger partial charge on any atom is -0.348 e. The van der Waals surface area contributed by atoms with Crippen LogP contribution >= 0.6 is 0 Å². The second kappa shape index (κ2) is 8.86. The molecule has 0 aliphatic rings. The molecule has 2 aromatic rings. The predicted octanol–water partition coefficient (Wildman–Crippen LogP) is 1.83. The third-order valence-corrected chi connectivity index (χ3v) is 3.49. The Morgan fingerprint density at radius 1 is 1.12 bits per heavy atom. The van der Waals surface area contributed by atoms with Gasteiger partial charge in [-0.25, -0.2) is 4.98 Å². The van der Waals surface area contributed by atoms with Crippen LogP contribution in [-0.4, -0.2) is 34.5 Å². The number of aryl methyl sites for hydroxylation is 1. The first-order valence-electron chi connectivity index (χ1n) is 8.20. The zero-order valence-corrected chi connectivity index (χ0v) is 14.2. The molecule has 0 atom stereocenters. The van der Waals surface area contributed by atoms with Gasteiger partial charge in [-0.1, -0.05) is 44.2 Å². The molecule has 0 aliphatic carbocycles. The van der Waals surface area contributed by atoms with Gasteiger partial charge in [-0.3, -0.25) is 9.59 Å². The lowest BCUT2D eigenvalue weighted by Crippen LogP contribution is -2.41. The summed E-state index contributed by atoms with van der Waals surface area (Å²) in [6.07, 6.45) is 4.40. The van der Waals surface area contributed by atoms with Crippen molar-refractivity contribution in [1.82, 2.24) is 20.2 Å². The average molecular weight is 328 g/mol. The number of imidazole rings is 1. The van der Waals surface area contributed by atoms with Crippen LogP contribution in [-0.2, 0) is 16.1 Å². The summed E-state index contributed by atoms with van der Waals surface area (Å²) in [5.41, 5.74) is 1.06. The zero-order valence-electron chi connectivity index (χ0n) is 14.2. The smallest absolute Gasteiger partial charge is 0.309 e. The molecular formula is C18H24N4O2. The van der Waals surface area contributed by atoms with E-state index in [-0.39, 0.29) is 0 Å². The van der Waals surface area contributed by atoms with Crippen LogP contribution in [0.4, 0.5) is 0 Å². The van der Waals surface area contributed by atoms with Crippen molar-refractivity contribution in [3.8, 4) is 11.4 Å². The Bertz CT molecular complexity index is 665. The number of rotatable bonds is 7. The van der Waals surface area contributed by atoms with Gasteiger partial charge in [0.25, 0.3) is 0 Å². The molecule has 0 radical (unpaired) electrons. The lowest BCUT2D eigenvalue weighted by molar-refractivity contribution is -0.139. The van der Waals surface area contributed by atoms with Crippen molar-refractivity contribution >= 4 is 11.8 Å². The molecule has 0 saturated carbocycles. The largest absolute Gasteiger partial charge is 0.348 e. The zero-order chi connectivity index (χ0) is 17.4. The molecule has 1 aromatic heterocycles.